The van der Waals surface area contributed by atoms with Crippen molar-refractivity contribution in [3.05, 3.63) is 53.9 Å². The predicted octanol–water partition coefficient (Wildman–Crippen LogP) is 2.00. The Labute approximate surface area is 167 Å². The quantitative estimate of drug-likeness (QED) is 0.735. The van der Waals surface area contributed by atoms with Crippen LogP contribution < -0.4 is 10.2 Å². The third-order valence-corrected chi connectivity index (χ3v) is 7.17. The number of hydrogen-bond donors (Lipinski definition) is 1. The van der Waals surface area contributed by atoms with E-state index in [1.54, 1.807) is 0 Å². The first-order valence-electron chi connectivity index (χ1n) is 9.85. The van der Waals surface area contributed by atoms with E-state index < -0.39 is 11.0 Å². The second-order valence-corrected chi connectivity index (χ2v) is 8.91. The zero-order valence-corrected chi connectivity index (χ0v) is 16.9. The Balaban J connectivity index is 1.61. The molecule has 0 bridgehead atoms. The molecule has 2 aliphatic rings. The van der Waals surface area contributed by atoms with Crippen molar-refractivity contribution in [2.45, 2.75) is 17.9 Å². The van der Waals surface area contributed by atoms with Crippen molar-refractivity contribution in [1.82, 2.24) is 19.2 Å². The molecule has 1 aromatic carbocycles. The molecular formula is C21H25N5OS. The van der Waals surface area contributed by atoms with Gasteiger partial charge < -0.3 is 15.1 Å². The lowest BCUT2D eigenvalue weighted by atomic mass is 10.0. The van der Waals surface area contributed by atoms with Gasteiger partial charge in [-0.3, -0.25) is 8.96 Å². The Bertz CT molecular complexity index is 1040. The van der Waals surface area contributed by atoms with Crippen LogP contribution in [0.3, 0.4) is 0 Å². The van der Waals surface area contributed by atoms with E-state index in [-0.39, 0.29) is 0 Å². The van der Waals surface area contributed by atoms with Crippen molar-refractivity contribution < 1.29 is 4.21 Å². The van der Waals surface area contributed by atoms with Gasteiger partial charge in [0, 0.05) is 51.7 Å². The minimum Gasteiger partial charge on any atom is -0.366 e. The molecule has 2 aliphatic heterocycles. The van der Waals surface area contributed by atoms with Crippen LogP contribution in [0.5, 0.6) is 0 Å². The minimum absolute atomic E-state index is 0.847. The molecule has 5 rings (SSSR count). The summed E-state index contributed by atoms with van der Waals surface area (Å²) in [5.74, 6) is 0. The highest BCUT2D eigenvalue weighted by atomic mass is 32.2. The van der Waals surface area contributed by atoms with Crippen LogP contribution in [-0.2, 0) is 24.0 Å². The van der Waals surface area contributed by atoms with E-state index in [4.69, 9.17) is 0 Å². The molecule has 0 aliphatic carbocycles. The highest BCUT2D eigenvalue weighted by Crippen LogP contribution is 2.31. The molecule has 0 radical (unpaired) electrons. The molecule has 28 heavy (non-hydrogen) atoms. The maximum atomic E-state index is 13.7. The number of anilines is 1. The second kappa shape index (κ2) is 7.31. The van der Waals surface area contributed by atoms with Gasteiger partial charge in [0.05, 0.1) is 16.1 Å². The maximum absolute atomic E-state index is 13.7. The third-order valence-electron chi connectivity index (χ3n) is 5.75. The highest BCUT2D eigenvalue weighted by Gasteiger charge is 2.24. The van der Waals surface area contributed by atoms with Gasteiger partial charge in [0.1, 0.15) is 5.52 Å². The fourth-order valence-electron chi connectivity index (χ4n) is 4.24. The molecule has 1 atom stereocenters. The van der Waals surface area contributed by atoms with E-state index in [0.29, 0.717) is 0 Å². The molecule has 1 fully saturated rings. The van der Waals surface area contributed by atoms with E-state index in [1.807, 2.05) is 40.6 Å². The van der Waals surface area contributed by atoms with Crippen LogP contribution in [0.2, 0.25) is 0 Å². The number of piperazine rings is 1. The van der Waals surface area contributed by atoms with E-state index in [9.17, 15) is 4.21 Å². The fraction of sp³-hybridized carbons (Fsp3) is 0.381. The second-order valence-electron chi connectivity index (χ2n) is 7.58. The molecule has 1 unspecified atom stereocenters. The highest BCUT2D eigenvalue weighted by molar-refractivity contribution is 7.83. The summed E-state index contributed by atoms with van der Waals surface area (Å²) in [5.41, 5.74) is 5.47. The SMILES string of the molecule is CN1CCc2cccc(S(=O)n3cc(N4CCNCC4)c4ncccc43)c2C1. The Hall–Kier alpha value is -2.22. The van der Waals surface area contributed by atoms with Gasteiger partial charge in [-0.05, 0) is 42.8 Å². The molecule has 0 spiro atoms. The summed E-state index contributed by atoms with van der Waals surface area (Å²) in [7, 11) is 0.823. The molecule has 1 saturated heterocycles. The van der Waals surface area contributed by atoms with Gasteiger partial charge in [0.2, 0.25) is 0 Å². The predicted molar refractivity (Wildman–Crippen MR) is 113 cm³/mol. The van der Waals surface area contributed by atoms with E-state index >= 15 is 0 Å². The van der Waals surface area contributed by atoms with Crippen molar-refractivity contribution in [2.75, 3.05) is 44.7 Å². The van der Waals surface area contributed by atoms with Crippen molar-refractivity contribution >= 4 is 27.7 Å². The van der Waals surface area contributed by atoms with Gasteiger partial charge >= 0.3 is 0 Å². The number of aromatic nitrogens is 2. The zero-order valence-electron chi connectivity index (χ0n) is 16.1. The molecule has 0 saturated carbocycles. The van der Waals surface area contributed by atoms with Gasteiger partial charge in [0.25, 0.3) is 0 Å². The minimum atomic E-state index is -1.30. The number of nitrogens with zero attached hydrogens (tertiary/aromatic N) is 4. The lowest BCUT2D eigenvalue weighted by Crippen LogP contribution is -2.43. The van der Waals surface area contributed by atoms with Crippen LogP contribution in [0.25, 0.3) is 11.0 Å². The summed E-state index contributed by atoms with van der Waals surface area (Å²) >= 11 is 0. The summed E-state index contributed by atoms with van der Waals surface area (Å²) in [5, 5.41) is 3.39. The van der Waals surface area contributed by atoms with Gasteiger partial charge in [-0.2, -0.15) is 0 Å². The van der Waals surface area contributed by atoms with E-state index in [0.717, 1.165) is 67.3 Å². The van der Waals surface area contributed by atoms with E-state index in [1.165, 1.54) is 11.1 Å². The fourth-order valence-corrected chi connectivity index (χ4v) is 5.58. The molecule has 4 heterocycles. The standard InChI is InChI=1S/C21H25N5OS/c1-24-11-7-16-4-2-6-20(17(16)14-24)28(27)26-15-19(25-12-9-22-10-13-25)21-18(26)5-3-8-23-21/h2-6,8,15,22H,7,9-14H2,1H3. The number of nitrogens with one attached hydrogen (secondary N) is 1. The van der Waals surface area contributed by atoms with Gasteiger partial charge in [-0.25, -0.2) is 4.21 Å². The first-order valence-corrected chi connectivity index (χ1v) is 11.0. The molecule has 7 heteroatoms. The average molecular weight is 396 g/mol. The number of likely N-dealkylation sites (N-methyl/N-ethyl adjacent to an activating group) is 1. The lowest BCUT2D eigenvalue weighted by molar-refractivity contribution is 0.309. The van der Waals surface area contributed by atoms with Crippen molar-refractivity contribution in [3.8, 4) is 0 Å². The topological polar surface area (TPSA) is 53.4 Å². The first kappa shape index (κ1) is 17.8. The van der Waals surface area contributed by atoms with Crippen LogP contribution in [0, 0.1) is 0 Å². The van der Waals surface area contributed by atoms with Crippen molar-refractivity contribution in [1.29, 1.82) is 0 Å². The molecule has 2 aromatic heterocycles. The van der Waals surface area contributed by atoms with Crippen LogP contribution in [0.15, 0.2) is 47.6 Å². The first-order chi connectivity index (χ1) is 13.7. The lowest BCUT2D eigenvalue weighted by Gasteiger charge is -2.28. The Morgan fingerprint density at radius 1 is 1.11 bits per heavy atom. The molecule has 1 N–H and O–H groups in total. The zero-order chi connectivity index (χ0) is 19.1. The number of benzene rings is 1. The molecule has 3 aromatic rings. The summed E-state index contributed by atoms with van der Waals surface area (Å²) in [6.07, 6.45) is 4.86. The summed E-state index contributed by atoms with van der Waals surface area (Å²) < 4.78 is 15.6. The molecule has 146 valence electrons. The smallest absolute Gasteiger partial charge is 0.157 e. The monoisotopic (exact) mass is 395 g/mol. The van der Waals surface area contributed by atoms with Crippen LogP contribution in [0.4, 0.5) is 5.69 Å². The van der Waals surface area contributed by atoms with Crippen LogP contribution in [-0.4, -0.2) is 57.8 Å². The van der Waals surface area contributed by atoms with Crippen LogP contribution in [0.1, 0.15) is 11.1 Å². The van der Waals surface area contributed by atoms with Crippen LogP contribution >= 0.6 is 0 Å². The number of rotatable bonds is 3. The summed E-state index contributed by atoms with van der Waals surface area (Å²) in [4.78, 5) is 10.2. The van der Waals surface area contributed by atoms with Gasteiger partial charge in [-0.1, -0.05) is 12.1 Å². The largest absolute Gasteiger partial charge is 0.366 e. The molecule has 0 amide bonds. The van der Waals surface area contributed by atoms with Crippen molar-refractivity contribution in [3.63, 3.8) is 0 Å². The van der Waals surface area contributed by atoms with E-state index in [2.05, 4.69) is 33.2 Å². The normalized spacial score (nSPS) is 19.0. The summed E-state index contributed by atoms with van der Waals surface area (Å²) in [6.45, 7) is 5.69. The number of fused-ring (bicyclic) bond motifs is 2. The molecular weight excluding hydrogens is 370 g/mol. The third kappa shape index (κ3) is 3.03. The Morgan fingerprint density at radius 3 is 2.82 bits per heavy atom. The average Bonchev–Trinajstić information content (AvgIpc) is 3.13. The number of hydrogen-bond acceptors (Lipinski definition) is 5. The Morgan fingerprint density at radius 2 is 1.96 bits per heavy atom. The summed E-state index contributed by atoms with van der Waals surface area (Å²) in [6, 6.07) is 10.2. The Kier molecular flexibility index (Phi) is 4.66. The van der Waals surface area contributed by atoms with Gasteiger partial charge in [0.15, 0.2) is 11.0 Å². The maximum Gasteiger partial charge on any atom is 0.157 e. The van der Waals surface area contributed by atoms with Crippen molar-refractivity contribution in [2.24, 2.45) is 0 Å². The van der Waals surface area contributed by atoms with Gasteiger partial charge in [-0.15, -0.1) is 0 Å². The molecule has 6 nitrogen and oxygen atoms in total. The number of pyridine rings is 1.